The molecule has 2 aliphatic rings. The molecule has 9 unspecified atom stereocenters. The number of rotatable bonds is 6. The molecule has 33 heavy (non-hydrogen) atoms. The van der Waals surface area contributed by atoms with E-state index in [1.54, 1.807) is 20.8 Å². The fourth-order valence-electron chi connectivity index (χ4n) is 3.91. The highest BCUT2D eigenvalue weighted by Gasteiger charge is 2.46. The van der Waals surface area contributed by atoms with Gasteiger partial charge in [-0.2, -0.15) is 0 Å². The van der Waals surface area contributed by atoms with Crippen LogP contribution in [0, 0.1) is 20.8 Å². The average Bonchev–Trinajstić information content (AvgIpc) is 2.80. The van der Waals surface area contributed by atoms with Gasteiger partial charge >= 0.3 is 0 Å². The molecule has 2 aliphatic heterocycles. The van der Waals surface area contributed by atoms with E-state index in [1.165, 1.54) is 6.08 Å². The van der Waals surface area contributed by atoms with E-state index in [0.717, 1.165) is 0 Å². The molecule has 0 saturated carbocycles. The molecule has 0 bridgehead atoms. The van der Waals surface area contributed by atoms with Crippen LogP contribution in [0.2, 0.25) is 0 Å². The van der Waals surface area contributed by atoms with Gasteiger partial charge in [-0.05, 0) is 31.9 Å². The molecule has 0 aliphatic carbocycles. The van der Waals surface area contributed by atoms with Gasteiger partial charge in [-0.15, -0.1) is 0 Å². The van der Waals surface area contributed by atoms with Crippen LogP contribution in [0.4, 0.5) is 0 Å². The number of aliphatic hydroxyl groups excluding tert-OH is 6. The molecule has 0 aromatic heterocycles. The van der Waals surface area contributed by atoms with Crippen molar-refractivity contribution in [1.29, 1.82) is 0 Å². The van der Waals surface area contributed by atoms with Crippen LogP contribution >= 0.6 is 0 Å². The summed E-state index contributed by atoms with van der Waals surface area (Å²) in [5.74, 6) is 0.369. The number of hydrogen-bond donors (Lipinski definition) is 7. The largest absolute Gasteiger partial charge is 0.507 e. The normalized spacial score (nSPS) is 37.1. The summed E-state index contributed by atoms with van der Waals surface area (Å²) in [5, 5.41) is 70.8. The Morgan fingerprint density at radius 3 is 2.15 bits per heavy atom. The van der Waals surface area contributed by atoms with Crippen LogP contribution in [0.1, 0.15) is 22.3 Å². The van der Waals surface area contributed by atoms with E-state index in [4.69, 9.17) is 18.9 Å². The number of aromatic hydroxyl groups is 1. The second-order valence-corrected chi connectivity index (χ2v) is 8.39. The van der Waals surface area contributed by atoms with E-state index >= 15 is 0 Å². The van der Waals surface area contributed by atoms with Crippen molar-refractivity contribution in [2.24, 2.45) is 0 Å². The fourth-order valence-corrected chi connectivity index (χ4v) is 3.91. The highest BCUT2D eigenvalue weighted by Crippen LogP contribution is 2.39. The molecular weight excluding hydrogens is 440 g/mol. The second-order valence-electron chi connectivity index (χ2n) is 8.39. The molecule has 11 nitrogen and oxygen atoms in total. The van der Waals surface area contributed by atoms with Crippen LogP contribution in [0.15, 0.2) is 6.58 Å². The van der Waals surface area contributed by atoms with Crippen molar-refractivity contribution in [3.63, 3.8) is 0 Å². The van der Waals surface area contributed by atoms with Gasteiger partial charge in [-0.1, -0.05) is 12.7 Å². The van der Waals surface area contributed by atoms with Gasteiger partial charge in [-0.3, -0.25) is 0 Å². The molecule has 3 rings (SSSR count). The minimum absolute atomic E-state index is 0.0833. The van der Waals surface area contributed by atoms with Gasteiger partial charge in [0.2, 0.25) is 6.29 Å². The van der Waals surface area contributed by atoms with Crippen molar-refractivity contribution < 1.29 is 54.7 Å². The maximum absolute atomic E-state index is 10.5. The van der Waals surface area contributed by atoms with Crippen molar-refractivity contribution in [2.45, 2.75) is 76.1 Å². The third-order valence-electron chi connectivity index (χ3n) is 6.25. The molecule has 0 spiro atoms. The zero-order valence-electron chi connectivity index (χ0n) is 18.7. The van der Waals surface area contributed by atoms with E-state index in [2.05, 4.69) is 6.58 Å². The Labute approximate surface area is 191 Å². The summed E-state index contributed by atoms with van der Waals surface area (Å²) in [6.07, 6.45) is -11.5. The van der Waals surface area contributed by atoms with Crippen molar-refractivity contribution >= 4 is 6.08 Å². The molecule has 1 aromatic rings. The van der Waals surface area contributed by atoms with Crippen LogP contribution in [0.5, 0.6) is 11.5 Å². The van der Waals surface area contributed by atoms with Crippen LogP contribution in [-0.4, -0.2) is 104 Å². The average molecular weight is 472 g/mol. The summed E-state index contributed by atoms with van der Waals surface area (Å²) < 4.78 is 22.1. The minimum atomic E-state index is -1.64. The molecule has 2 fully saturated rings. The van der Waals surface area contributed by atoms with Crippen LogP contribution in [0.3, 0.4) is 0 Å². The summed E-state index contributed by atoms with van der Waals surface area (Å²) in [6, 6.07) is 0. The number of aliphatic hydroxyl groups is 6. The molecule has 2 heterocycles. The summed E-state index contributed by atoms with van der Waals surface area (Å²) in [5.41, 5.74) is 2.12. The lowest BCUT2D eigenvalue weighted by molar-refractivity contribution is -0.307. The summed E-state index contributed by atoms with van der Waals surface area (Å²) >= 11 is 0. The number of ether oxygens (including phenoxy) is 4. The van der Waals surface area contributed by atoms with E-state index in [1.807, 2.05) is 0 Å². The first-order chi connectivity index (χ1) is 15.5. The minimum Gasteiger partial charge on any atom is -0.507 e. The first kappa shape index (κ1) is 25.8. The van der Waals surface area contributed by atoms with Gasteiger partial charge in [0, 0.05) is 11.1 Å². The molecule has 7 N–H and O–H groups in total. The maximum atomic E-state index is 10.5. The summed E-state index contributed by atoms with van der Waals surface area (Å²) in [4.78, 5) is 0. The number of hydrogen-bond acceptors (Lipinski definition) is 11. The van der Waals surface area contributed by atoms with Crippen molar-refractivity contribution in [2.75, 3.05) is 13.2 Å². The Morgan fingerprint density at radius 2 is 1.52 bits per heavy atom. The lowest BCUT2D eigenvalue weighted by atomic mass is 9.96. The fraction of sp³-hybridized carbons (Fsp3) is 0.636. The first-order valence-electron chi connectivity index (χ1n) is 10.6. The van der Waals surface area contributed by atoms with Crippen molar-refractivity contribution in [1.82, 2.24) is 0 Å². The Bertz CT molecular complexity index is 859. The monoisotopic (exact) mass is 472 g/mol. The molecule has 186 valence electrons. The zero-order chi connectivity index (χ0) is 24.6. The second kappa shape index (κ2) is 10.2. The van der Waals surface area contributed by atoms with Crippen molar-refractivity contribution in [3.05, 3.63) is 28.8 Å². The van der Waals surface area contributed by atoms with Gasteiger partial charge in [0.05, 0.1) is 13.2 Å². The Balaban J connectivity index is 1.77. The maximum Gasteiger partial charge on any atom is 0.229 e. The topological polar surface area (TPSA) is 179 Å². The highest BCUT2D eigenvalue weighted by molar-refractivity contribution is 5.68. The smallest absolute Gasteiger partial charge is 0.229 e. The van der Waals surface area contributed by atoms with Gasteiger partial charge in [0.15, 0.2) is 6.29 Å². The standard InChI is InChI=1S/C22H32O11/c1-5-11-10(4)14(24)8(2)9(3)20(11)33-22-19(29)17(27)16(26)13(32-22)7-31-21-18(28)15(25)12(23)6-30-21/h5,12-13,15-19,21-29H,1,6-7H2,2-4H3. The van der Waals surface area contributed by atoms with Crippen molar-refractivity contribution in [3.8, 4) is 11.5 Å². The lowest BCUT2D eigenvalue weighted by Crippen LogP contribution is -2.61. The third-order valence-corrected chi connectivity index (χ3v) is 6.25. The number of phenols is 1. The quantitative estimate of drug-likeness (QED) is 0.259. The van der Waals surface area contributed by atoms with E-state index in [-0.39, 0.29) is 18.1 Å². The molecular formula is C22H32O11. The van der Waals surface area contributed by atoms with Crippen LogP contribution in [0.25, 0.3) is 6.08 Å². The number of benzene rings is 1. The third kappa shape index (κ3) is 4.87. The van der Waals surface area contributed by atoms with E-state index < -0.39 is 61.9 Å². The Kier molecular flexibility index (Phi) is 7.99. The van der Waals surface area contributed by atoms with Gasteiger partial charge < -0.3 is 54.7 Å². The first-order valence-corrected chi connectivity index (χ1v) is 10.6. The SMILES string of the molecule is C=Cc1c(C)c(O)c(C)c(C)c1OC1OC(COC2OCC(O)C(O)C2O)C(O)C(O)C1O. The predicted molar refractivity (Wildman–Crippen MR) is 113 cm³/mol. The Hall–Kier alpha value is -1.80. The van der Waals surface area contributed by atoms with Gasteiger partial charge in [-0.25, -0.2) is 0 Å². The summed E-state index contributed by atoms with van der Waals surface area (Å²) in [6.45, 7) is 8.16. The highest BCUT2D eigenvalue weighted by atomic mass is 16.7. The molecule has 0 amide bonds. The van der Waals surface area contributed by atoms with Gasteiger partial charge in [0.1, 0.15) is 54.2 Å². The van der Waals surface area contributed by atoms with E-state index in [9.17, 15) is 35.7 Å². The Morgan fingerprint density at radius 1 is 0.879 bits per heavy atom. The zero-order valence-corrected chi connectivity index (χ0v) is 18.7. The molecule has 9 atom stereocenters. The van der Waals surface area contributed by atoms with E-state index in [0.29, 0.717) is 22.3 Å². The predicted octanol–water partition coefficient (Wildman–Crippen LogP) is -1.40. The summed E-state index contributed by atoms with van der Waals surface area (Å²) in [7, 11) is 0. The molecule has 0 radical (unpaired) electrons. The number of phenolic OH excluding ortho intramolecular Hbond substituents is 1. The van der Waals surface area contributed by atoms with Crippen LogP contribution < -0.4 is 4.74 Å². The molecule has 11 heteroatoms. The lowest BCUT2D eigenvalue weighted by Gasteiger charge is -2.41. The van der Waals surface area contributed by atoms with Gasteiger partial charge in [0.25, 0.3) is 0 Å². The van der Waals surface area contributed by atoms with Crippen LogP contribution in [-0.2, 0) is 14.2 Å². The molecule has 1 aromatic carbocycles. The molecule has 2 saturated heterocycles.